The zero-order chi connectivity index (χ0) is 60.1. The summed E-state index contributed by atoms with van der Waals surface area (Å²) in [5.74, 6) is 0.0932. The van der Waals surface area contributed by atoms with Gasteiger partial charge in [-0.2, -0.15) is 0 Å². The smallest absolute Gasteiger partial charge is 0.410 e. The van der Waals surface area contributed by atoms with Crippen molar-refractivity contribution >= 4 is 57.9 Å². The molecule has 10 rings (SSSR count). The Morgan fingerprint density at radius 1 is 0.590 bits per heavy atom. The fourth-order valence-electron chi connectivity index (χ4n) is 9.59. The number of methoxy groups -OCH3 is 1. The molecular formula is C61H90ClN15O6. The molecule has 11 N–H and O–H groups in total. The number of carbonyl (C=O) groups is 3. The first-order valence-corrected chi connectivity index (χ1v) is 28.9. The normalized spacial score (nSPS) is 19.1. The molecule has 5 aliphatic rings. The number of nitrogens with zero attached hydrogens (tertiary/aromatic N) is 10. The van der Waals surface area contributed by atoms with Crippen molar-refractivity contribution in [1.29, 1.82) is 0 Å². The van der Waals surface area contributed by atoms with Crippen molar-refractivity contribution in [2.75, 3.05) is 142 Å². The Bertz CT molecular complexity index is 2770. The average molecular weight is 1160 g/mol. The van der Waals surface area contributed by atoms with Gasteiger partial charge in [-0.3, -0.25) is 44.1 Å². The minimum absolute atomic E-state index is 0.0594. The van der Waals surface area contributed by atoms with Crippen LogP contribution >= 0.6 is 11.6 Å². The van der Waals surface area contributed by atoms with Gasteiger partial charge in [-0.25, -0.2) is 4.79 Å². The molecule has 2 atom stereocenters. The first-order chi connectivity index (χ1) is 39.6. The lowest BCUT2D eigenvalue weighted by atomic mass is 10.1. The molecule has 2 unspecified atom stereocenters. The van der Waals surface area contributed by atoms with E-state index in [1.165, 1.54) is 10.5 Å². The maximum atomic E-state index is 12.2. The van der Waals surface area contributed by atoms with Crippen LogP contribution in [0.15, 0.2) is 103 Å². The molecule has 5 saturated heterocycles. The molecule has 7 heterocycles. The topological polar surface area (TPSA) is 272 Å². The summed E-state index contributed by atoms with van der Waals surface area (Å²) in [5.41, 5.74) is 36.7. The van der Waals surface area contributed by atoms with Crippen LogP contribution in [0.25, 0.3) is 0 Å². The lowest BCUT2D eigenvalue weighted by Crippen LogP contribution is -2.52. The Hall–Kier alpha value is -6.82. The number of likely N-dealkylation sites (N-methyl/N-ethyl adjacent to an activating group) is 2. The highest BCUT2D eigenvalue weighted by Gasteiger charge is 2.30. The second-order valence-corrected chi connectivity index (χ2v) is 23.3. The first kappa shape index (κ1) is 65.3. The Kier molecular flexibility index (Phi) is 25.4. The van der Waals surface area contributed by atoms with Gasteiger partial charge in [-0.1, -0.05) is 35.9 Å². The molecule has 452 valence electrons. The van der Waals surface area contributed by atoms with Crippen molar-refractivity contribution in [2.45, 2.75) is 84.1 Å². The molecule has 2 aromatic heterocycles. The second-order valence-electron chi connectivity index (χ2n) is 22.9. The molecule has 83 heavy (non-hydrogen) atoms. The first-order valence-electron chi connectivity index (χ1n) is 28.5. The Labute approximate surface area is 496 Å². The molecule has 21 nitrogen and oxygen atoms in total. The molecule has 5 aromatic rings. The number of carbonyl (C=O) groups excluding carboxylic acids is 3. The van der Waals surface area contributed by atoms with E-state index in [4.69, 9.17) is 49.7 Å². The number of anilines is 5. The van der Waals surface area contributed by atoms with Gasteiger partial charge in [0.25, 0.3) is 0 Å². The number of aliphatic hydroxyl groups is 1. The van der Waals surface area contributed by atoms with E-state index in [1.807, 2.05) is 107 Å². The minimum Gasteiger partial charge on any atom is -0.444 e. The fourth-order valence-corrected chi connectivity index (χ4v) is 9.77. The third-order valence-electron chi connectivity index (χ3n) is 14.6. The molecule has 22 heteroatoms. The van der Waals surface area contributed by atoms with Gasteiger partial charge in [0, 0.05) is 148 Å². The highest BCUT2D eigenvalue weighted by atomic mass is 35.5. The van der Waals surface area contributed by atoms with Crippen LogP contribution in [-0.2, 0) is 51.8 Å². The number of halogens is 1. The number of β-amino-alcohol motifs (C(OH)–C–C–N with tert-alkyl or cyclic N) is 1. The van der Waals surface area contributed by atoms with E-state index in [1.54, 1.807) is 29.3 Å². The van der Waals surface area contributed by atoms with Crippen LogP contribution in [0.2, 0.25) is 5.02 Å². The maximum Gasteiger partial charge on any atom is 0.410 e. The second kappa shape index (κ2) is 32.3. The summed E-state index contributed by atoms with van der Waals surface area (Å²) < 4.78 is 10.6. The molecule has 0 aliphatic carbocycles. The number of aromatic nitrogens is 2. The highest BCUT2D eigenvalue weighted by molar-refractivity contribution is 6.31. The summed E-state index contributed by atoms with van der Waals surface area (Å²) in [7, 11) is 5.78. The summed E-state index contributed by atoms with van der Waals surface area (Å²) >= 11 is 6.15. The number of pyridine rings is 2. The van der Waals surface area contributed by atoms with Crippen LogP contribution < -0.4 is 28.7 Å². The van der Waals surface area contributed by atoms with Crippen molar-refractivity contribution in [3.63, 3.8) is 0 Å². The van der Waals surface area contributed by atoms with Crippen molar-refractivity contribution in [1.82, 2.24) is 49.2 Å². The van der Waals surface area contributed by atoms with E-state index in [0.29, 0.717) is 55.9 Å². The number of ether oxygens (including phenoxy) is 2. The van der Waals surface area contributed by atoms with E-state index in [-0.39, 0.29) is 24.5 Å². The molecule has 5 fully saturated rings. The third kappa shape index (κ3) is 23.4. The summed E-state index contributed by atoms with van der Waals surface area (Å²) in [6.07, 6.45) is 5.14. The number of benzene rings is 3. The molecular weight excluding hydrogens is 1070 g/mol. The highest BCUT2D eigenvalue weighted by Crippen LogP contribution is 2.22. The summed E-state index contributed by atoms with van der Waals surface area (Å²) in [5, 5.41) is 10.2. The van der Waals surface area contributed by atoms with Crippen LogP contribution in [-0.4, -0.2) is 203 Å². The number of piperazine rings is 3. The molecule has 0 radical (unpaired) electrons. The maximum absolute atomic E-state index is 12.2. The molecule has 0 bridgehead atoms. The summed E-state index contributed by atoms with van der Waals surface area (Å²) in [4.78, 5) is 60.5. The number of aliphatic hydroxyl groups excluding tert-OH is 1. The van der Waals surface area contributed by atoms with Crippen molar-refractivity contribution in [2.24, 2.45) is 0 Å². The number of nitrogen functional groups attached to an aromatic ring is 5. The van der Waals surface area contributed by atoms with Gasteiger partial charge in [0.1, 0.15) is 12.1 Å². The quantitative estimate of drug-likeness (QED) is 0.0931. The summed E-state index contributed by atoms with van der Waals surface area (Å²) in [6.45, 7) is 20.9. The van der Waals surface area contributed by atoms with E-state index in [0.717, 1.165) is 137 Å². The van der Waals surface area contributed by atoms with Gasteiger partial charge in [0.2, 0.25) is 11.8 Å². The predicted octanol–water partition coefficient (Wildman–Crippen LogP) is 5.18. The van der Waals surface area contributed by atoms with Crippen LogP contribution in [0, 0.1) is 0 Å². The molecule has 5 aliphatic heterocycles. The average Bonchev–Trinajstić information content (AvgIpc) is 4.13. The van der Waals surface area contributed by atoms with Gasteiger partial charge in [0.15, 0.2) is 0 Å². The summed E-state index contributed by atoms with van der Waals surface area (Å²) in [6, 6.07) is 28.8. The lowest BCUT2D eigenvalue weighted by molar-refractivity contribution is -0.136. The fraction of sp³-hybridized carbons (Fsp3) is 0.492. The van der Waals surface area contributed by atoms with Gasteiger partial charge in [-0.05, 0) is 124 Å². The molecule has 0 spiro atoms. The molecule has 3 amide bonds. The SMILES string of the molecule is CC(C)(C)OC(=O)N1CCN(Cc2ccc(N)cc2)C(=O)C1.CN1CCN(Cc2cc(N)ccc2Cl)CC1.CN1CCN(Cc2ccc(N)cn2)CC1=O.COC1CCN(Cc2ccc(N)cc2)C1.Nc1ccc(CN2CCC(O)C2)nc1. The largest absolute Gasteiger partial charge is 0.444 e. The van der Waals surface area contributed by atoms with Gasteiger partial charge in [-0.15, -0.1) is 0 Å². The van der Waals surface area contributed by atoms with Crippen molar-refractivity contribution in [3.8, 4) is 0 Å². The molecule has 0 saturated carbocycles. The van der Waals surface area contributed by atoms with E-state index < -0.39 is 11.7 Å². The lowest BCUT2D eigenvalue weighted by Gasteiger charge is -2.35. The van der Waals surface area contributed by atoms with Gasteiger partial charge < -0.3 is 57.9 Å². The Morgan fingerprint density at radius 3 is 1.65 bits per heavy atom. The number of hydrogen-bond acceptors (Lipinski definition) is 18. The van der Waals surface area contributed by atoms with Crippen molar-refractivity contribution < 1.29 is 29.0 Å². The van der Waals surface area contributed by atoms with Gasteiger partial charge >= 0.3 is 6.09 Å². The van der Waals surface area contributed by atoms with Crippen LogP contribution in [0.5, 0.6) is 0 Å². The third-order valence-corrected chi connectivity index (χ3v) is 15.0. The predicted molar refractivity (Wildman–Crippen MR) is 330 cm³/mol. The number of hydrogen-bond donors (Lipinski definition) is 6. The zero-order valence-corrected chi connectivity index (χ0v) is 50.3. The van der Waals surface area contributed by atoms with Crippen LogP contribution in [0.4, 0.5) is 33.2 Å². The van der Waals surface area contributed by atoms with E-state index in [2.05, 4.69) is 53.6 Å². The number of likely N-dealkylation sites (tertiary alicyclic amines) is 2. The Balaban J connectivity index is 0.000000168. The van der Waals surface area contributed by atoms with E-state index >= 15 is 0 Å². The number of nitrogens with two attached hydrogens (primary N) is 5. The standard InChI is InChI=1S/C16H23N3O3.C12H18ClN3.C12H18N2O.C11H16N4O.C10H15N3O/c1-16(2,3)22-15(21)19-9-8-18(14(20)11-19)10-12-4-6-13(17)7-5-12;1-15-4-6-16(7-5-15)9-10-8-11(14)2-3-12(10)13;1-15-12-6-7-14(9-12)8-10-2-4-11(13)5-3-10;1-14-4-5-15(8-11(14)16)7-10-3-2-9(12)6-13-10;11-8-1-2-9(12-5-8)6-13-4-3-10(14)7-13/h4-7H,8-11,17H2,1-3H3;2-3,8H,4-7,9,14H2,1H3;2-5,12H,6-9,13H2,1H3;2-3,6H,4-5,7-8,12H2,1H3;1-2,5,10,14H,3-4,6-7,11H2. The van der Waals surface area contributed by atoms with Crippen LogP contribution in [0.1, 0.15) is 61.7 Å². The van der Waals surface area contributed by atoms with Crippen molar-refractivity contribution in [3.05, 3.63) is 136 Å². The molecule has 3 aromatic carbocycles. The minimum atomic E-state index is -0.554. The van der Waals surface area contributed by atoms with Gasteiger partial charge in [0.05, 0.1) is 53.9 Å². The Morgan fingerprint density at radius 2 is 1.13 bits per heavy atom. The monoisotopic (exact) mass is 1160 g/mol. The zero-order valence-electron chi connectivity index (χ0n) is 49.5. The van der Waals surface area contributed by atoms with Crippen LogP contribution in [0.3, 0.4) is 0 Å². The van der Waals surface area contributed by atoms with E-state index in [9.17, 15) is 19.5 Å². The number of rotatable bonds is 11. The number of amides is 3.